The highest BCUT2D eigenvalue weighted by Gasteiger charge is 2.59. The van der Waals surface area contributed by atoms with Crippen LogP contribution in [0.15, 0.2) is 211 Å². The van der Waals surface area contributed by atoms with Crippen molar-refractivity contribution in [2.24, 2.45) is 0 Å². The van der Waals surface area contributed by atoms with E-state index in [0.717, 1.165) is 22.6 Å². The molecule has 1 spiro atoms. The Morgan fingerprint density at radius 1 is 0.273 bits per heavy atom. The van der Waals surface area contributed by atoms with Gasteiger partial charge in [-0.25, -0.2) is 0 Å². The molecule has 0 fully saturated rings. The van der Waals surface area contributed by atoms with Crippen molar-refractivity contribution in [3.63, 3.8) is 0 Å². The van der Waals surface area contributed by atoms with Crippen LogP contribution in [0.25, 0.3) is 56.0 Å². The lowest BCUT2D eigenvalue weighted by atomic mass is 9.52. The van der Waals surface area contributed by atoms with Crippen LogP contribution in [0, 0.1) is 0 Å². The summed E-state index contributed by atoms with van der Waals surface area (Å²) >= 11 is 0. The molecule has 0 saturated heterocycles. The van der Waals surface area contributed by atoms with Gasteiger partial charge in [-0.1, -0.05) is 188 Å². The van der Waals surface area contributed by atoms with Gasteiger partial charge in [0.05, 0.1) is 10.8 Å². The number of benzene rings is 8. The Kier molecular flexibility index (Phi) is 6.25. The molecule has 3 aliphatic rings. The Bertz CT molecular complexity index is 2970. The van der Waals surface area contributed by atoms with Crippen molar-refractivity contribution in [2.75, 3.05) is 0 Å². The molecule has 0 bridgehead atoms. The zero-order valence-electron chi connectivity index (χ0n) is 30.0. The van der Waals surface area contributed by atoms with Gasteiger partial charge in [-0.15, -0.1) is 0 Å². The molecule has 1 nitrogen and oxygen atoms in total. The summed E-state index contributed by atoms with van der Waals surface area (Å²) in [5, 5.41) is 0. The van der Waals surface area contributed by atoms with Gasteiger partial charge < -0.3 is 4.42 Å². The molecule has 0 radical (unpaired) electrons. The first-order valence-electron chi connectivity index (χ1n) is 19.2. The van der Waals surface area contributed by atoms with Crippen molar-refractivity contribution < 1.29 is 4.42 Å². The maximum absolute atomic E-state index is 6.33. The van der Waals surface area contributed by atoms with Crippen molar-refractivity contribution in [3.8, 4) is 56.0 Å². The standard InChI is InChI=1S/C54H34O/c1-3-14-36(15-4-1)50-32-33-51(55-50)37-28-26-35(27-29-37)38-30-31-42-40-18-7-10-22-45(40)54(49(42)34-38)47-24-12-11-23-46(47)53(39-16-5-2-6-17-39)44-21-9-8-19-41(44)43-20-13-25-48(54)52(43)53/h1-34H. The third-order valence-corrected chi connectivity index (χ3v) is 12.6. The lowest BCUT2D eigenvalue weighted by Crippen LogP contribution is -2.43. The summed E-state index contributed by atoms with van der Waals surface area (Å²) in [5.74, 6) is 1.75. The molecule has 1 heteroatoms. The first-order valence-corrected chi connectivity index (χ1v) is 19.2. The SMILES string of the molecule is c1ccc(-c2ccc(-c3ccc(-c4ccc5c(c4)C4(c6ccccc6-5)c5ccccc5C5(c6ccccc6)c6ccccc6-c6cccc4c65)cc3)o2)cc1. The molecule has 8 aromatic carbocycles. The van der Waals surface area contributed by atoms with Crippen LogP contribution < -0.4 is 0 Å². The van der Waals surface area contributed by atoms with E-state index in [-0.39, 0.29) is 0 Å². The first-order chi connectivity index (χ1) is 27.3. The summed E-state index contributed by atoms with van der Waals surface area (Å²) in [4.78, 5) is 0. The fraction of sp³-hybridized carbons (Fsp3) is 0.0370. The molecule has 0 amide bonds. The van der Waals surface area contributed by atoms with E-state index in [1.54, 1.807) is 0 Å². The van der Waals surface area contributed by atoms with Crippen LogP contribution in [0.1, 0.15) is 44.5 Å². The second-order valence-corrected chi connectivity index (χ2v) is 15.1. The summed E-state index contributed by atoms with van der Waals surface area (Å²) in [6.07, 6.45) is 0. The molecule has 0 N–H and O–H groups in total. The molecular weight excluding hydrogens is 665 g/mol. The molecule has 12 rings (SSSR count). The van der Waals surface area contributed by atoms with Crippen molar-refractivity contribution in [3.05, 3.63) is 251 Å². The van der Waals surface area contributed by atoms with Gasteiger partial charge in [-0.05, 0) is 96.1 Å². The predicted octanol–water partition coefficient (Wildman–Crippen LogP) is 13.3. The van der Waals surface area contributed by atoms with Gasteiger partial charge in [0.15, 0.2) is 0 Å². The van der Waals surface area contributed by atoms with Gasteiger partial charge in [0.25, 0.3) is 0 Å². The highest BCUT2D eigenvalue weighted by atomic mass is 16.3. The van der Waals surface area contributed by atoms with Crippen LogP contribution in [0.4, 0.5) is 0 Å². The molecule has 0 saturated carbocycles. The van der Waals surface area contributed by atoms with E-state index >= 15 is 0 Å². The lowest BCUT2D eigenvalue weighted by Gasteiger charge is -2.48. The molecule has 9 aromatic rings. The maximum Gasteiger partial charge on any atom is 0.134 e. The molecule has 1 aromatic heterocycles. The fourth-order valence-electron chi connectivity index (χ4n) is 10.5. The highest BCUT2D eigenvalue weighted by Crippen LogP contribution is 2.68. The quantitative estimate of drug-likeness (QED) is 0.178. The van der Waals surface area contributed by atoms with Gasteiger partial charge >= 0.3 is 0 Å². The summed E-state index contributed by atoms with van der Waals surface area (Å²) < 4.78 is 6.33. The second kappa shape index (κ2) is 11.3. The van der Waals surface area contributed by atoms with Gasteiger partial charge in [-0.3, -0.25) is 0 Å². The maximum atomic E-state index is 6.33. The van der Waals surface area contributed by atoms with Gasteiger partial charge in [0, 0.05) is 11.1 Å². The predicted molar refractivity (Wildman–Crippen MR) is 223 cm³/mol. The zero-order chi connectivity index (χ0) is 36.1. The van der Waals surface area contributed by atoms with Crippen LogP contribution in [0.5, 0.6) is 0 Å². The van der Waals surface area contributed by atoms with Crippen LogP contribution in [0.3, 0.4) is 0 Å². The van der Waals surface area contributed by atoms with E-state index in [9.17, 15) is 0 Å². The van der Waals surface area contributed by atoms with Crippen LogP contribution in [-0.2, 0) is 10.8 Å². The molecule has 256 valence electrons. The molecule has 1 heterocycles. The van der Waals surface area contributed by atoms with Crippen molar-refractivity contribution >= 4 is 0 Å². The van der Waals surface area contributed by atoms with Crippen molar-refractivity contribution in [2.45, 2.75) is 10.8 Å². The third-order valence-electron chi connectivity index (χ3n) is 12.6. The average Bonchev–Trinajstić information content (AvgIpc) is 3.96. The van der Waals surface area contributed by atoms with Crippen molar-refractivity contribution in [1.29, 1.82) is 0 Å². The minimum atomic E-state index is -0.508. The summed E-state index contributed by atoms with van der Waals surface area (Å²) in [5.41, 5.74) is 19.7. The van der Waals surface area contributed by atoms with Gasteiger partial charge in [0.2, 0.25) is 0 Å². The Morgan fingerprint density at radius 2 is 0.745 bits per heavy atom. The summed E-state index contributed by atoms with van der Waals surface area (Å²) in [6, 6.07) is 76.2. The Labute approximate surface area is 320 Å². The van der Waals surface area contributed by atoms with Crippen LogP contribution >= 0.6 is 0 Å². The topological polar surface area (TPSA) is 13.1 Å². The summed E-state index contributed by atoms with van der Waals surface area (Å²) in [6.45, 7) is 0. The zero-order valence-corrected chi connectivity index (χ0v) is 30.0. The molecule has 55 heavy (non-hydrogen) atoms. The number of hydrogen-bond donors (Lipinski definition) is 0. The molecule has 0 aliphatic heterocycles. The first kappa shape index (κ1) is 30.5. The fourth-order valence-corrected chi connectivity index (χ4v) is 10.5. The van der Waals surface area contributed by atoms with Gasteiger partial charge in [-0.2, -0.15) is 0 Å². The minimum absolute atomic E-state index is 0.441. The normalized spacial score (nSPS) is 18.0. The molecule has 2 unspecified atom stereocenters. The number of rotatable bonds is 4. The average molecular weight is 699 g/mol. The molecule has 2 atom stereocenters. The number of furan rings is 1. The van der Waals surface area contributed by atoms with Gasteiger partial charge in [0.1, 0.15) is 11.5 Å². The summed E-state index contributed by atoms with van der Waals surface area (Å²) in [7, 11) is 0. The number of hydrogen-bond acceptors (Lipinski definition) is 1. The monoisotopic (exact) mass is 698 g/mol. The Hall–Kier alpha value is -6.96. The van der Waals surface area contributed by atoms with E-state index in [1.165, 1.54) is 77.9 Å². The Morgan fingerprint density at radius 3 is 1.45 bits per heavy atom. The highest BCUT2D eigenvalue weighted by molar-refractivity contribution is 5.96. The van der Waals surface area contributed by atoms with E-state index in [0.29, 0.717) is 0 Å². The molecule has 3 aliphatic carbocycles. The van der Waals surface area contributed by atoms with E-state index in [1.807, 2.05) is 18.2 Å². The number of fused-ring (bicyclic) bond motifs is 12. The lowest BCUT2D eigenvalue weighted by molar-refractivity contribution is 0.597. The molecular formula is C54H34O. The third kappa shape index (κ3) is 3.92. The Balaban J connectivity index is 1.09. The van der Waals surface area contributed by atoms with E-state index < -0.39 is 10.8 Å². The van der Waals surface area contributed by atoms with E-state index in [2.05, 4.69) is 188 Å². The minimum Gasteiger partial charge on any atom is -0.456 e. The van der Waals surface area contributed by atoms with Crippen LogP contribution in [0.2, 0.25) is 0 Å². The second-order valence-electron chi connectivity index (χ2n) is 15.1. The van der Waals surface area contributed by atoms with Crippen LogP contribution in [-0.4, -0.2) is 0 Å². The smallest absolute Gasteiger partial charge is 0.134 e. The van der Waals surface area contributed by atoms with Crippen molar-refractivity contribution in [1.82, 2.24) is 0 Å². The van der Waals surface area contributed by atoms with E-state index in [4.69, 9.17) is 4.42 Å². The largest absolute Gasteiger partial charge is 0.456 e.